The number of aliphatic imine (C=N–C) groups is 1. The first-order valence-electron chi connectivity index (χ1n) is 18.3. The van der Waals surface area contributed by atoms with Crippen LogP contribution in [0.15, 0.2) is 81.9 Å². The fraction of sp³-hybridized carbons (Fsp3) is 0.436. The van der Waals surface area contributed by atoms with Gasteiger partial charge >= 0.3 is 0 Å². The number of rotatable bonds is 13. The lowest BCUT2D eigenvalue weighted by Gasteiger charge is -2.37. The van der Waals surface area contributed by atoms with Gasteiger partial charge in [0.2, 0.25) is 12.2 Å². The van der Waals surface area contributed by atoms with Crippen molar-refractivity contribution < 1.29 is 33.2 Å². The Morgan fingerprint density at radius 2 is 1.77 bits per heavy atom. The number of amides is 1. The summed E-state index contributed by atoms with van der Waals surface area (Å²) in [5.74, 6) is -0.671. The Morgan fingerprint density at radius 1 is 1.09 bits per heavy atom. The highest BCUT2D eigenvalue weighted by Crippen LogP contribution is 2.37. The van der Waals surface area contributed by atoms with Crippen LogP contribution in [0.4, 0.5) is 25.8 Å². The molecule has 0 saturated carbocycles. The second kappa shape index (κ2) is 17.3. The lowest BCUT2D eigenvalue weighted by Crippen LogP contribution is -3.07. The molecule has 1 amide bonds. The van der Waals surface area contributed by atoms with Crippen LogP contribution in [0, 0.1) is 11.6 Å². The van der Waals surface area contributed by atoms with E-state index in [1.165, 1.54) is 36.6 Å². The van der Waals surface area contributed by atoms with Gasteiger partial charge in [-0.2, -0.15) is 15.1 Å². The fourth-order valence-electron chi connectivity index (χ4n) is 7.10. The molecule has 12 nitrogen and oxygen atoms in total. The predicted molar refractivity (Wildman–Crippen MR) is 203 cm³/mol. The molecular weight excluding hydrogens is 682 g/mol. The molecule has 0 aliphatic carbocycles. The number of hydrogen-bond donors (Lipinski definition) is 3. The van der Waals surface area contributed by atoms with Crippen LogP contribution in [0.1, 0.15) is 52.0 Å². The van der Waals surface area contributed by atoms with Crippen molar-refractivity contribution in [3.05, 3.63) is 83.9 Å². The van der Waals surface area contributed by atoms with E-state index in [4.69, 9.17) is 9.47 Å². The monoisotopic (exact) mass is 731 g/mol. The number of benzene rings is 3. The highest BCUT2D eigenvalue weighted by Gasteiger charge is 2.43. The summed E-state index contributed by atoms with van der Waals surface area (Å²) in [6.45, 7) is 9.20. The summed E-state index contributed by atoms with van der Waals surface area (Å²) >= 11 is 0. The molecule has 53 heavy (non-hydrogen) atoms. The van der Waals surface area contributed by atoms with Gasteiger partial charge in [0.25, 0.3) is 0 Å². The van der Waals surface area contributed by atoms with Crippen LogP contribution in [0.2, 0.25) is 0 Å². The summed E-state index contributed by atoms with van der Waals surface area (Å²) in [4.78, 5) is 22.6. The molecule has 3 aliphatic rings. The van der Waals surface area contributed by atoms with Crippen LogP contribution < -0.4 is 29.9 Å². The normalized spacial score (nSPS) is 22.8. The molecule has 0 spiro atoms. The average Bonchev–Trinajstić information content (AvgIpc) is 3.58. The zero-order chi connectivity index (χ0) is 37.4. The van der Waals surface area contributed by atoms with Crippen molar-refractivity contribution in [1.82, 2.24) is 5.43 Å². The lowest BCUT2D eigenvalue weighted by molar-refractivity contribution is -0.813. The molecule has 5 unspecified atom stereocenters. The van der Waals surface area contributed by atoms with Crippen LogP contribution in [0.5, 0.6) is 5.75 Å². The fourth-order valence-corrected chi connectivity index (χ4v) is 7.10. The summed E-state index contributed by atoms with van der Waals surface area (Å²) in [6.07, 6.45) is 6.29. The first-order valence-corrected chi connectivity index (χ1v) is 18.3. The van der Waals surface area contributed by atoms with E-state index in [2.05, 4.69) is 42.6 Å². The molecule has 3 heterocycles. The molecule has 3 aromatic carbocycles. The van der Waals surface area contributed by atoms with Gasteiger partial charge in [0, 0.05) is 68.2 Å². The second-order valence-electron chi connectivity index (χ2n) is 13.7. The van der Waals surface area contributed by atoms with Gasteiger partial charge in [-0.1, -0.05) is 18.1 Å². The highest BCUT2D eigenvalue weighted by molar-refractivity contribution is 6.07. The molecule has 3 aromatic rings. The number of aliphatic hydroxyl groups excluding tert-OH is 1. The molecule has 2 saturated heterocycles. The third-order valence-corrected chi connectivity index (χ3v) is 10.1. The third kappa shape index (κ3) is 9.36. The molecule has 0 bridgehead atoms. The summed E-state index contributed by atoms with van der Waals surface area (Å²) in [7, 11) is 0. The van der Waals surface area contributed by atoms with Crippen molar-refractivity contribution in [2.45, 2.75) is 70.3 Å². The van der Waals surface area contributed by atoms with Crippen LogP contribution in [0.25, 0.3) is 0 Å². The van der Waals surface area contributed by atoms with E-state index in [-0.39, 0.29) is 18.1 Å². The van der Waals surface area contributed by atoms with E-state index in [0.717, 1.165) is 49.4 Å². The summed E-state index contributed by atoms with van der Waals surface area (Å²) in [5, 5.41) is 19.0. The van der Waals surface area contributed by atoms with Gasteiger partial charge in [0.05, 0.1) is 18.8 Å². The molecule has 6 rings (SSSR count). The Kier molecular flexibility index (Phi) is 12.3. The Bertz CT molecular complexity index is 1750. The average molecular weight is 732 g/mol. The molecule has 3 aliphatic heterocycles. The molecular formula is C39H49F2N8O4+. The molecule has 14 heteroatoms. The minimum atomic E-state index is -1.01. The van der Waals surface area contributed by atoms with Crippen molar-refractivity contribution >= 4 is 42.0 Å². The Labute approximate surface area is 309 Å². The number of carbonyl (C=O) groups excluding carboxylic acids is 1. The van der Waals surface area contributed by atoms with Crippen LogP contribution >= 0.6 is 0 Å². The van der Waals surface area contributed by atoms with Gasteiger partial charge in [-0.15, -0.1) is 0 Å². The third-order valence-electron chi connectivity index (χ3n) is 10.1. The number of piperazine rings is 1. The van der Waals surface area contributed by atoms with Gasteiger partial charge < -0.3 is 29.8 Å². The van der Waals surface area contributed by atoms with Gasteiger partial charge in [-0.05, 0) is 80.8 Å². The van der Waals surface area contributed by atoms with E-state index in [9.17, 15) is 14.3 Å². The molecule has 282 valence electrons. The number of quaternary nitrogens is 1. The smallest absolute Gasteiger partial charge is 0.229 e. The standard InChI is InChI=1S/C39H48F2N8O4/c1-4-38(28(2)50)45-43-27-49(29(3)51)33-8-6-31(7-9-33)46-18-20-47(21-19-46)32-10-12-34(13-11-32)53-35-15-17-39(52-22-16-35,24-48-26-42-25-44-48)36-14-5-30(40)23-37(36)41/h5-14,23,25-28,35,38,45,50H,4,15-22,24H2,1-3H3/p+1. The molecule has 5 atom stereocenters. The maximum atomic E-state index is 15.1. The summed E-state index contributed by atoms with van der Waals surface area (Å²) in [5.41, 5.74) is 5.14. The molecule has 2 fully saturated rings. The highest BCUT2D eigenvalue weighted by atomic mass is 19.1. The van der Waals surface area contributed by atoms with Crippen LogP contribution in [0.3, 0.4) is 0 Å². The number of ether oxygens (including phenoxy) is 2. The number of halogens is 2. The van der Waals surface area contributed by atoms with E-state index < -0.39 is 23.3 Å². The first-order chi connectivity index (χ1) is 25.6. The zero-order valence-corrected chi connectivity index (χ0v) is 30.5. The van der Waals surface area contributed by atoms with Gasteiger partial charge in [0.1, 0.15) is 42.0 Å². The van der Waals surface area contributed by atoms with Gasteiger partial charge in [-0.3, -0.25) is 9.69 Å². The number of anilines is 3. The van der Waals surface area contributed by atoms with E-state index in [0.29, 0.717) is 55.1 Å². The number of nitrogens with one attached hydrogen (secondary N) is 2. The number of aliphatic hydroxyl groups is 1. The number of carbonyl (C=O) groups is 1. The Balaban J connectivity index is 1.02. The van der Waals surface area contributed by atoms with Gasteiger partial charge in [-0.25, -0.2) is 8.78 Å². The van der Waals surface area contributed by atoms with Gasteiger partial charge in [0.15, 0.2) is 6.34 Å². The van der Waals surface area contributed by atoms with Crippen molar-refractivity contribution in [2.75, 3.05) is 54.0 Å². The van der Waals surface area contributed by atoms with Crippen LogP contribution in [-0.4, -0.2) is 87.6 Å². The van der Waals surface area contributed by atoms with Crippen LogP contribution in [-0.2, 0) is 15.1 Å². The maximum Gasteiger partial charge on any atom is 0.229 e. The number of nitrogens with zero attached hydrogens (tertiary/aromatic N) is 6. The van der Waals surface area contributed by atoms with Crippen molar-refractivity contribution in [2.24, 2.45) is 15.2 Å². The maximum absolute atomic E-state index is 15.1. The Morgan fingerprint density at radius 3 is 2.36 bits per heavy atom. The van der Waals surface area contributed by atoms with E-state index >= 15 is 4.39 Å². The SMILES string of the molecule is CCC(NN=CN(C(C)=O)c1ccc(N2CCN(c3ccc(OC4CCOC(C[NH+]5C=NC=N5)(c5ccc(F)cc5F)CC4)cc3)CC2)cc1)C(C)O. The zero-order valence-electron chi connectivity index (χ0n) is 30.5. The minimum Gasteiger partial charge on any atom is -0.490 e. The molecule has 3 N–H and O–H groups in total. The number of hydrazone groups is 1. The Hall–Kier alpha value is -4.92. The van der Waals surface area contributed by atoms with Crippen molar-refractivity contribution in [3.63, 3.8) is 0 Å². The van der Waals surface area contributed by atoms with Crippen molar-refractivity contribution in [3.8, 4) is 5.75 Å². The largest absolute Gasteiger partial charge is 0.490 e. The predicted octanol–water partition coefficient (Wildman–Crippen LogP) is 4.05. The molecule has 0 radical (unpaired) electrons. The lowest BCUT2D eigenvalue weighted by atomic mass is 9.87. The number of hydrogen-bond acceptors (Lipinski definition) is 10. The molecule has 0 aromatic heterocycles. The first kappa shape index (κ1) is 37.8. The summed E-state index contributed by atoms with van der Waals surface area (Å²) in [6, 6.07) is 19.5. The van der Waals surface area contributed by atoms with E-state index in [1.54, 1.807) is 13.3 Å². The summed E-state index contributed by atoms with van der Waals surface area (Å²) < 4.78 is 41.7. The second-order valence-corrected chi connectivity index (χ2v) is 13.7. The quantitative estimate of drug-likeness (QED) is 0.138. The van der Waals surface area contributed by atoms with E-state index in [1.807, 2.05) is 43.3 Å². The topological polar surface area (TPSA) is 119 Å². The van der Waals surface area contributed by atoms with Crippen molar-refractivity contribution in [1.29, 1.82) is 0 Å². The minimum absolute atomic E-state index is 0.137.